The van der Waals surface area contributed by atoms with Gasteiger partial charge in [-0.15, -0.1) is 11.8 Å². The molecule has 0 aromatic heterocycles. The minimum absolute atomic E-state index is 0.868. The summed E-state index contributed by atoms with van der Waals surface area (Å²) < 4.78 is 1.12. The van der Waals surface area contributed by atoms with Crippen molar-refractivity contribution >= 4 is 40.0 Å². The molecule has 0 fully saturated rings. The highest BCUT2D eigenvalue weighted by atomic mass is 127. The lowest BCUT2D eigenvalue weighted by Crippen LogP contribution is -1.88. The van der Waals surface area contributed by atoms with Crippen LogP contribution >= 0.6 is 34.4 Å². The third-order valence-corrected chi connectivity index (χ3v) is 2.91. The highest BCUT2D eigenvalue weighted by Gasteiger charge is 1.94. The van der Waals surface area contributed by atoms with Crippen LogP contribution in [0.2, 0.25) is 0 Å². The first-order chi connectivity index (χ1) is 4.74. The fraction of sp³-hybridized carbons (Fsp3) is 0.143. The minimum atomic E-state index is 0.868. The van der Waals surface area contributed by atoms with Gasteiger partial charge in [0.05, 0.1) is 0 Å². The second-order valence-corrected chi connectivity index (χ2v) is 3.93. The lowest BCUT2D eigenvalue weighted by Gasteiger charge is -1.99. The van der Waals surface area contributed by atoms with Crippen molar-refractivity contribution in [2.24, 2.45) is 0 Å². The van der Waals surface area contributed by atoms with Gasteiger partial charge in [0.15, 0.2) is 0 Å². The molecule has 1 nitrogen and oxygen atoms in total. The van der Waals surface area contributed by atoms with Gasteiger partial charge < -0.3 is 5.73 Å². The summed E-state index contributed by atoms with van der Waals surface area (Å²) in [6.07, 6.45) is 2.04. The molecule has 2 N–H and O–H groups in total. The number of rotatable bonds is 1. The van der Waals surface area contributed by atoms with E-state index in [-0.39, 0.29) is 0 Å². The van der Waals surface area contributed by atoms with Gasteiger partial charge >= 0.3 is 0 Å². The smallest absolute Gasteiger partial charge is 0.0460 e. The summed E-state index contributed by atoms with van der Waals surface area (Å²) >= 11 is 3.93. The number of halogens is 1. The zero-order chi connectivity index (χ0) is 7.56. The largest absolute Gasteiger partial charge is 0.398 e. The lowest BCUT2D eigenvalue weighted by atomic mass is 10.3. The van der Waals surface area contributed by atoms with E-state index in [4.69, 9.17) is 5.73 Å². The van der Waals surface area contributed by atoms with Gasteiger partial charge in [-0.1, -0.05) is 0 Å². The van der Waals surface area contributed by atoms with Crippen molar-refractivity contribution in [1.29, 1.82) is 0 Å². The van der Waals surface area contributed by atoms with Crippen LogP contribution in [0.4, 0.5) is 5.69 Å². The molecular weight excluding hydrogens is 257 g/mol. The second kappa shape index (κ2) is 3.48. The molecule has 10 heavy (non-hydrogen) atoms. The summed E-state index contributed by atoms with van der Waals surface area (Å²) in [6.45, 7) is 0. The molecule has 0 aliphatic heterocycles. The summed E-state index contributed by atoms with van der Waals surface area (Å²) in [7, 11) is 0. The highest BCUT2D eigenvalue weighted by Crippen LogP contribution is 2.21. The Labute approximate surface area is 78.5 Å². The molecule has 0 amide bonds. The summed E-state index contributed by atoms with van der Waals surface area (Å²) in [5, 5.41) is 0. The number of benzene rings is 1. The van der Waals surface area contributed by atoms with Crippen LogP contribution < -0.4 is 5.73 Å². The van der Waals surface area contributed by atoms with Gasteiger partial charge in [-0.2, -0.15) is 0 Å². The summed E-state index contributed by atoms with van der Waals surface area (Å²) in [5.41, 5.74) is 6.54. The zero-order valence-electron chi connectivity index (χ0n) is 5.60. The Balaban J connectivity index is 3.04. The van der Waals surface area contributed by atoms with Crippen LogP contribution in [-0.4, -0.2) is 6.26 Å². The summed E-state index contributed by atoms with van der Waals surface area (Å²) in [5.74, 6) is 0. The molecule has 0 spiro atoms. The van der Waals surface area contributed by atoms with E-state index in [1.54, 1.807) is 11.8 Å². The molecule has 3 heteroatoms. The van der Waals surface area contributed by atoms with Crippen LogP contribution in [0.5, 0.6) is 0 Å². The van der Waals surface area contributed by atoms with Crippen LogP contribution in [0.1, 0.15) is 0 Å². The Morgan fingerprint density at radius 3 is 2.70 bits per heavy atom. The van der Waals surface area contributed by atoms with Gasteiger partial charge in [-0.05, 0) is 47.0 Å². The van der Waals surface area contributed by atoms with Crippen LogP contribution in [0.15, 0.2) is 23.1 Å². The summed E-state index contributed by atoms with van der Waals surface area (Å²) in [6, 6.07) is 6.09. The number of nitrogen functional groups attached to an aromatic ring is 1. The SMILES string of the molecule is CSc1ccc(I)c(N)c1. The van der Waals surface area contributed by atoms with Gasteiger partial charge in [0, 0.05) is 14.2 Å². The predicted molar refractivity (Wildman–Crippen MR) is 55.4 cm³/mol. The van der Waals surface area contributed by atoms with E-state index in [2.05, 4.69) is 28.7 Å². The first-order valence-electron chi connectivity index (χ1n) is 2.83. The van der Waals surface area contributed by atoms with Crippen LogP contribution in [0, 0.1) is 3.57 Å². The third kappa shape index (κ3) is 1.79. The fourth-order valence-corrected chi connectivity index (χ4v) is 1.43. The predicted octanol–water partition coefficient (Wildman–Crippen LogP) is 2.60. The molecule has 0 atom stereocenters. The first-order valence-corrected chi connectivity index (χ1v) is 5.13. The Bertz CT molecular complexity index is 237. The normalized spacial score (nSPS) is 9.80. The highest BCUT2D eigenvalue weighted by molar-refractivity contribution is 14.1. The van der Waals surface area contributed by atoms with Crippen molar-refractivity contribution in [2.75, 3.05) is 12.0 Å². The van der Waals surface area contributed by atoms with Crippen molar-refractivity contribution in [3.63, 3.8) is 0 Å². The monoisotopic (exact) mass is 265 g/mol. The van der Waals surface area contributed by atoms with Gasteiger partial charge in [0.1, 0.15) is 0 Å². The Kier molecular flexibility index (Phi) is 2.85. The second-order valence-electron chi connectivity index (χ2n) is 1.89. The molecule has 0 aliphatic rings. The maximum atomic E-state index is 5.68. The van der Waals surface area contributed by atoms with Gasteiger partial charge in [-0.3, -0.25) is 0 Å². The number of hydrogen-bond donors (Lipinski definition) is 1. The van der Waals surface area contributed by atoms with Crippen molar-refractivity contribution in [3.8, 4) is 0 Å². The van der Waals surface area contributed by atoms with E-state index in [1.165, 1.54) is 4.90 Å². The first kappa shape index (κ1) is 8.20. The van der Waals surface area contributed by atoms with Crippen LogP contribution in [0.3, 0.4) is 0 Å². The molecule has 1 rings (SSSR count). The van der Waals surface area contributed by atoms with Crippen molar-refractivity contribution in [2.45, 2.75) is 4.90 Å². The molecule has 1 aromatic rings. The molecule has 54 valence electrons. The third-order valence-electron chi connectivity index (χ3n) is 1.20. The number of nitrogens with two attached hydrogens (primary N) is 1. The molecule has 0 unspecified atom stereocenters. The average Bonchev–Trinajstić information content (AvgIpc) is 1.95. The quantitative estimate of drug-likeness (QED) is 0.480. The molecule has 0 heterocycles. The van der Waals surface area contributed by atoms with Crippen molar-refractivity contribution < 1.29 is 0 Å². The molecule has 1 aromatic carbocycles. The molecule has 0 bridgehead atoms. The van der Waals surface area contributed by atoms with Gasteiger partial charge in [-0.25, -0.2) is 0 Å². The molecular formula is C7H8INS. The minimum Gasteiger partial charge on any atom is -0.398 e. The molecule has 0 saturated heterocycles. The van der Waals surface area contributed by atoms with E-state index >= 15 is 0 Å². The van der Waals surface area contributed by atoms with Crippen molar-refractivity contribution in [3.05, 3.63) is 21.8 Å². The van der Waals surface area contributed by atoms with E-state index in [1.807, 2.05) is 18.4 Å². The van der Waals surface area contributed by atoms with Gasteiger partial charge in [0.25, 0.3) is 0 Å². The maximum absolute atomic E-state index is 5.68. The molecule has 0 aliphatic carbocycles. The lowest BCUT2D eigenvalue weighted by molar-refractivity contribution is 1.44. The molecule has 0 saturated carbocycles. The van der Waals surface area contributed by atoms with E-state index in [0.29, 0.717) is 0 Å². The molecule has 0 radical (unpaired) electrons. The summed E-state index contributed by atoms with van der Waals surface area (Å²) in [4.78, 5) is 1.22. The van der Waals surface area contributed by atoms with E-state index in [0.717, 1.165) is 9.26 Å². The van der Waals surface area contributed by atoms with Crippen molar-refractivity contribution in [1.82, 2.24) is 0 Å². The number of anilines is 1. The van der Waals surface area contributed by atoms with E-state index < -0.39 is 0 Å². The Morgan fingerprint density at radius 1 is 1.50 bits per heavy atom. The Hall–Kier alpha value is 0.1000. The topological polar surface area (TPSA) is 26.0 Å². The average molecular weight is 265 g/mol. The van der Waals surface area contributed by atoms with Crippen LogP contribution in [0.25, 0.3) is 0 Å². The number of hydrogen-bond acceptors (Lipinski definition) is 2. The maximum Gasteiger partial charge on any atom is 0.0460 e. The Morgan fingerprint density at radius 2 is 2.20 bits per heavy atom. The van der Waals surface area contributed by atoms with E-state index in [9.17, 15) is 0 Å². The standard InChI is InChI=1S/C7H8INS/c1-10-5-2-3-6(8)7(9)4-5/h2-4H,9H2,1H3. The van der Waals surface area contributed by atoms with Gasteiger partial charge in [0.2, 0.25) is 0 Å². The zero-order valence-corrected chi connectivity index (χ0v) is 8.57. The fourth-order valence-electron chi connectivity index (χ4n) is 0.649. The van der Waals surface area contributed by atoms with Crippen LogP contribution in [-0.2, 0) is 0 Å². The number of thioether (sulfide) groups is 1.